The number of hydrogen-bond acceptors (Lipinski definition) is 3. The maximum atomic E-state index is 13.9. The summed E-state index contributed by atoms with van der Waals surface area (Å²) in [5.74, 6) is 1.62. The highest BCUT2D eigenvalue weighted by Crippen LogP contribution is 2.69. The molecule has 4 aliphatic carbocycles. The fourth-order valence-electron chi connectivity index (χ4n) is 8.47. The fraction of sp³-hybridized carbons (Fsp3) is 0.467. The zero-order chi connectivity index (χ0) is 24.4. The van der Waals surface area contributed by atoms with Crippen LogP contribution in [0.3, 0.4) is 0 Å². The van der Waals surface area contributed by atoms with Crippen LogP contribution in [0, 0.1) is 22.2 Å². The van der Waals surface area contributed by atoms with Crippen molar-refractivity contribution in [1.29, 1.82) is 0 Å². The van der Waals surface area contributed by atoms with Crippen molar-refractivity contribution in [2.24, 2.45) is 22.2 Å². The molecular weight excluding hydrogens is 436 g/mol. The minimum Gasteiger partial charge on any atom is -0.497 e. The van der Waals surface area contributed by atoms with Crippen LogP contribution >= 0.6 is 0 Å². The number of methoxy groups -OCH3 is 1. The third kappa shape index (κ3) is 3.76. The Bertz CT molecular complexity index is 1350. The number of nitrogens with zero attached hydrogens (tertiary/aromatic N) is 1. The lowest BCUT2D eigenvalue weighted by Crippen LogP contribution is -2.58. The largest absolute Gasteiger partial charge is 0.497 e. The summed E-state index contributed by atoms with van der Waals surface area (Å²) < 4.78 is 7.03. The minimum atomic E-state index is -0.275. The van der Waals surface area contributed by atoms with E-state index in [1.807, 2.05) is 48.5 Å². The van der Waals surface area contributed by atoms with Gasteiger partial charge in [0.15, 0.2) is 0 Å². The number of fused-ring (bicyclic) bond motifs is 1. The summed E-state index contributed by atoms with van der Waals surface area (Å²) in [6.07, 6.45) is 6.77. The SMILES string of the molecule is COc1ccc(Cn2c(=O)ccc3c(NC(=O)C45CC6CC(C)(CC(C)(C6)C4)C5)cccc32)cc1. The van der Waals surface area contributed by atoms with Gasteiger partial charge in [0.1, 0.15) is 5.75 Å². The van der Waals surface area contributed by atoms with E-state index in [-0.39, 0.29) is 27.7 Å². The van der Waals surface area contributed by atoms with Crippen LogP contribution in [0.25, 0.3) is 10.9 Å². The van der Waals surface area contributed by atoms with Gasteiger partial charge in [0.2, 0.25) is 5.91 Å². The first kappa shape index (κ1) is 22.4. The molecule has 4 fully saturated rings. The third-order valence-electron chi connectivity index (χ3n) is 8.89. The molecule has 2 atom stereocenters. The van der Waals surface area contributed by atoms with E-state index in [0.29, 0.717) is 12.5 Å². The summed E-state index contributed by atoms with van der Waals surface area (Å²) in [5, 5.41) is 4.23. The van der Waals surface area contributed by atoms with Crippen LogP contribution in [0.2, 0.25) is 0 Å². The van der Waals surface area contributed by atoms with Crippen LogP contribution < -0.4 is 15.6 Å². The summed E-state index contributed by atoms with van der Waals surface area (Å²) in [6.45, 7) is 5.25. The number of ether oxygens (including phenoxy) is 1. The molecule has 7 rings (SSSR count). The Morgan fingerprint density at radius 1 is 0.971 bits per heavy atom. The molecule has 1 aromatic heterocycles. The summed E-state index contributed by atoms with van der Waals surface area (Å²) in [4.78, 5) is 26.8. The van der Waals surface area contributed by atoms with Crippen LogP contribution in [-0.4, -0.2) is 17.6 Å². The molecule has 2 unspecified atom stereocenters. The molecular formula is C30H34N2O3. The van der Waals surface area contributed by atoms with Gasteiger partial charge in [-0.2, -0.15) is 0 Å². The first-order valence-corrected chi connectivity index (χ1v) is 12.8. The molecule has 35 heavy (non-hydrogen) atoms. The topological polar surface area (TPSA) is 60.3 Å². The number of rotatable bonds is 5. The second-order valence-corrected chi connectivity index (χ2v) is 12.2. The van der Waals surface area contributed by atoms with Gasteiger partial charge < -0.3 is 14.6 Å². The van der Waals surface area contributed by atoms with E-state index >= 15 is 0 Å². The molecule has 0 spiro atoms. The normalized spacial score (nSPS) is 31.0. The number of pyridine rings is 1. The van der Waals surface area contributed by atoms with Crippen molar-refractivity contribution in [3.05, 3.63) is 70.5 Å². The highest BCUT2D eigenvalue weighted by molar-refractivity contribution is 6.03. The molecule has 0 saturated heterocycles. The van der Waals surface area contributed by atoms with Gasteiger partial charge in [-0.1, -0.05) is 32.0 Å². The number of nitrogens with one attached hydrogen (secondary N) is 1. The Hall–Kier alpha value is -3.08. The van der Waals surface area contributed by atoms with E-state index in [1.165, 1.54) is 19.3 Å². The van der Waals surface area contributed by atoms with Crippen molar-refractivity contribution in [1.82, 2.24) is 4.57 Å². The van der Waals surface area contributed by atoms with Crippen molar-refractivity contribution in [2.45, 2.75) is 58.9 Å². The number of amides is 1. The third-order valence-corrected chi connectivity index (χ3v) is 8.89. The standard InChI is InChI=1S/C30H34N2O3/c1-28-13-21-14-29(2,17-28)19-30(15-21,18-28)27(34)31-24-5-4-6-25-23(24)11-12-26(33)32(25)16-20-7-9-22(35-3)10-8-20/h4-12,21H,13-19H2,1-3H3,(H,31,34). The molecule has 1 heterocycles. The molecule has 0 radical (unpaired) electrons. The van der Waals surface area contributed by atoms with Gasteiger partial charge in [-0.25, -0.2) is 0 Å². The fourth-order valence-corrected chi connectivity index (χ4v) is 8.47. The lowest BCUT2D eigenvalue weighted by atomic mass is 9.40. The van der Waals surface area contributed by atoms with Gasteiger partial charge in [-0.3, -0.25) is 9.59 Å². The molecule has 3 aromatic rings. The highest BCUT2D eigenvalue weighted by atomic mass is 16.5. The Kier molecular flexibility index (Phi) is 4.93. The van der Waals surface area contributed by atoms with Gasteiger partial charge in [0.05, 0.1) is 30.3 Å². The van der Waals surface area contributed by atoms with Gasteiger partial charge >= 0.3 is 0 Å². The summed E-state index contributed by atoms with van der Waals surface area (Å²) in [6, 6.07) is 17.1. The summed E-state index contributed by atoms with van der Waals surface area (Å²) in [5.41, 5.74) is 2.87. The van der Waals surface area contributed by atoms with Gasteiger partial charge in [0.25, 0.3) is 5.56 Å². The molecule has 0 aliphatic heterocycles. The van der Waals surface area contributed by atoms with Crippen molar-refractivity contribution in [2.75, 3.05) is 12.4 Å². The Morgan fingerprint density at radius 3 is 2.34 bits per heavy atom. The van der Waals surface area contributed by atoms with E-state index in [2.05, 4.69) is 19.2 Å². The van der Waals surface area contributed by atoms with Crippen molar-refractivity contribution in [3.63, 3.8) is 0 Å². The number of aromatic nitrogens is 1. The van der Waals surface area contributed by atoms with E-state index in [9.17, 15) is 9.59 Å². The predicted molar refractivity (Wildman–Crippen MR) is 139 cm³/mol. The van der Waals surface area contributed by atoms with Gasteiger partial charge in [0, 0.05) is 11.5 Å². The van der Waals surface area contributed by atoms with Crippen LogP contribution in [-0.2, 0) is 11.3 Å². The average Bonchev–Trinajstić information content (AvgIpc) is 2.79. The second-order valence-electron chi connectivity index (χ2n) is 12.2. The number of carbonyl (C=O) groups excluding carboxylic acids is 1. The minimum absolute atomic E-state index is 0.0567. The maximum absolute atomic E-state index is 13.9. The molecule has 182 valence electrons. The second kappa shape index (κ2) is 7.71. The lowest BCUT2D eigenvalue weighted by molar-refractivity contribution is -0.165. The maximum Gasteiger partial charge on any atom is 0.251 e. The number of carbonyl (C=O) groups is 1. The summed E-state index contributed by atoms with van der Waals surface area (Å²) in [7, 11) is 1.64. The monoisotopic (exact) mass is 470 g/mol. The van der Waals surface area contributed by atoms with Crippen molar-refractivity contribution >= 4 is 22.5 Å². The molecule has 5 heteroatoms. The molecule has 1 amide bonds. The highest BCUT2D eigenvalue weighted by Gasteiger charge is 2.62. The number of anilines is 1. The smallest absolute Gasteiger partial charge is 0.251 e. The first-order valence-electron chi connectivity index (χ1n) is 12.8. The van der Waals surface area contributed by atoms with Crippen LogP contribution in [0.1, 0.15) is 57.9 Å². The predicted octanol–water partition coefficient (Wildman–Crippen LogP) is 5.99. The molecule has 2 aromatic carbocycles. The van der Waals surface area contributed by atoms with E-state index in [0.717, 1.165) is 47.2 Å². The lowest BCUT2D eigenvalue weighted by Gasteiger charge is -2.64. The molecule has 1 N–H and O–H groups in total. The molecule has 5 nitrogen and oxygen atoms in total. The first-order chi connectivity index (χ1) is 16.7. The number of benzene rings is 2. The molecule has 4 bridgehead atoms. The van der Waals surface area contributed by atoms with Crippen LogP contribution in [0.5, 0.6) is 5.75 Å². The molecule has 4 saturated carbocycles. The van der Waals surface area contributed by atoms with Crippen molar-refractivity contribution < 1.29 is 9.53 Å². The van der Waals surface area contributed by atoms with Gasteiger partial charge in [-0.05, 0) is 91.2 Å². The van der Waals surface area contributed by atoms with Crippen LogP contribution in [0.15, 0.2) is 59.4 Å². The Morgan fingerprint density at radius 2 is 1.69 bits per heavy atom. The molecule has 4 aliphatic rings. The zero-order valence-electron chi connectivity index (χ0n) is 20.9. The van der Waals surface area contributed by atoms with E-state index in [4.69, 9.17) is 4.74 Å². The summed E-state index contributed by atoms with van der Waals surface area (Å²) >= 11 is 0. The van der Waals surface area contributed by atoms with E-state index < -0.39 is 0 Å². The van der Waals surface area contributed by atoms with Crippen molar-refractivity contribution in [3.8, 4) is 5.75 Å². The zero-order valence-corrected chi connectivity index (χ0v) is 20.9. The van der Waals surface area contributed by atoms with E-state index in [1.54, 1.807) is 17.7 Å². The average molecular weight is 471 g/mol. The Balaban J connectivity index is 1.33. The number of hydrogen-bond donors (Lipinski definition) is 1. The Labute approximate surface area is 206 Å². The quantitative estimate of drug-likeness (QED) is 0.498. The van der Waals surface area contributed by atoms with Crippen LogP contribution in [0.4, 0.5) is 5.69 Å². The van der Waals surface area contributed by atoms with Gasteiger partial charge in [-0.15, -0.1) is 0 Å².